The second kappa shape index (κ2) is 8.64. The standard InChI is InChI=1S/C22H35N3O3S/c1-6-7-14-29(26,27)24(5)18-8-9-20-19(15-18)23-21(22(2,3)4)25(20)16-17-10-12-28-13-11-17/h8-9,15,17H,6-7,10-14,16H2,1-5H3. The molecule has 0 bridgehead atoms. The number of sulfonamides is 1. The SMILES string of the molecule is CCCCS(=O)(=O)N(C)c1ccc2c(c1)nc(C(C)(C)C)n2CC1CCOCC1. The summed E-state index contributed by atoms with van der Waals surface area (Å²) in [6.45, 7) is 11.1. The highest BCUT2D eigenvalue weighted by Crippen LogP contribution is 2.31. The number of rotatable bonds is 7. The predicted molar refractivity (Wildman–Crippen MR) is 119 cm³/mol. The molecule has 6 nitrogen and oxygen atoms in total. The molecule has 1 fully saturated rings. The molecule has 2 aromatic rings. The second-order valence-corrected chi connectivity index (χ2v) is 11.3. The molecule has 1 aliphatic rings. The van der Waals surface area contributed by atoms with E-state index in [1.165, 1.54) is 4.31 Å². The first-order chi connectivity index (χ1) is 13.6. The van der Waals surface area contributed by atoms with Gasteiger partial charge in [0.25, 0.3) is 0 Å². The van der Waals surface area contributed by atoms with Gasteiger partial charge in [0, 0.05) is 32.2 Å². The average Bonchev–Trinajstić information content (AvgIpc) is 3.04. The van der Waals surface area contributed by atoms with Crippen LogP contribution in [0, 0.1) is 5.92 Å². The normalized spacial score (nSPS) is 16.4. The summed E-state index contributed by atoms with van der Waals surface area (Å²) in [5.41, 5.74) is 2.51. The molecule has 3 rings (SSSR count). The molecule has 1 aromatic carbocycles. The Kier molecular flexibility index (Phi) is 6.58. The number of hydrogen-bond donors (Lipinski definition) is 0. The Bertz CT molecular complexity index is 938. The van der Waals surface area contributed by atoms with Crippen LogP contribution in [-0.2, 0) is 26.7 Å². The molecule has 29 heavy (non-hydrogen) atoms. The van der Waals surface area contributed by atoms with Crippen LogP contribution in [0.3, 0.4) is 0 Å². The number of imidazole rings is 1. The van der Waals surface area contributed by atoms with Gasteiger partial charge in [-0.3, -0.25) is 4.31 Å². The number of aromatic nitrogens is 2. The maximum Gasteiger partial charge on any atom is 0.234 e. The highest BCUT2D eigenvalue weighted by atomic mass is 32.2. The van der Waals surface area contributed by atoms with Crippen molar-refractivity contribution in [2.24, 2.45) is 5.92 Å². The largest absolute Gasteiger partial charge is 0.381 e. The Morgan fingerprint density at radius 1 is 1.24 bits per heavy atom. The first-order valence-electron chi connectivity index (χ1n) is 10.7. The molecule has 1 aromatic heterocycles. The Balaban J connectivity index is 1.98. The molecule has 0 amide bonds. The fourth-order valence-corrected chi connectivity index (χ4v) is 5.24. The number of hydrogen-bond acceptors (Lipinski definition) is 4. The zero-order valence-electron chi connectivity index (χ0n) is 18.4. The number of benzene rings is 1. The zero-order chi connectivity index (χ0) is 21.2. The van der Waals surface area contributed by atoms with Gasteiger partial charge in [0.1, 0.15) is 5.82 Å². The molecule has 0 radical (unpaired) electrons. The molecular formula is C22H35N3O3S. The fraction of sp³-hybridized carbons (Fsp3) is 0.682. The number of nitrogens with zero attached hydrogens (tertiary/aromatic N) is 3. The molecule has 0 N–H and O–H groups in total. The van der Waals surface area contributed by atoms with Crippen molar-refractivity contribution in [3.8, 4) is 0 Å². The molecule has 7 heteroatoms. The third-order valence-corrected chi connectivity index (χ3v) is 7.57. The monoisotopic (exact) mass is 421 g/mol. The first-order valence-corrected chi connectivity index (χ1v) is 12.3. The van der Waals surface area contributed by atoms with Gasteiger partial charge in [-0.2, -0.15) is 0 Å². The molecule has 0 aliphatic carbocycles. The summed E-state index contributed by atoms with van der Waals surface area (Å²) in [7, 11) is -1.68. The summed E-state index contributed by atoms with van der Waals surface area (Å²) < 4.78 is 34.5. The lowest BCUT2D eigenvalue weighted by Crippen LogP contribution is -2.28. The molecular weight excluding hydrogens is 386 g/mol. The lowest BCUT2D eigenvalue weighted by atomic mass is 9.94. The van der Waals surface area contributed by atoms with Crippen molar-refractivity contribution in [1.29, 1.82) is 0 Å². The van der Waals surface area contributed by atoms with Crippen molar-refractivity contribution >= 4 is 26.7 Å². The molecule has 0 saturated carbocycles. The van der Waals surface area contributed by atoms with E-state index in [0.717, 1.165) is 55.9 Å². The minimum absolute atomic E-state index is 0.0938. The van der Waals surface area contributed by atoms with Gasteiger partial charge in [0.05, 0.1) is 22.5 Å². The molecule has 162 valence electrons. The van der Waals surface area contributed by atoms with Crippen molar-refractivity contribution < 1.29 is 13.2 Å². The maximum atomic E-state index is 12.6. The smallest absolute Gasteiger partial charge is 0.234 e. The van der Waals surface area contributed by atoms with Crippen molar-refractivity contribution in [2.75, 3.05) is 30.3 Å². The number of ether oxygens (including phenoxy) is 1. The summed E-state index contributed by atoms with van der Waals surface area (Å²) in [6, 6.07) is 5.84. The van der Waals surface area contributed by atoms with E-state index < -0.39 is 10.0 Å². The van der Waals surface area contributed by atoms with E-state index in [4.69, 9.17) is 9.72 Å². The van der Waals surface area contributed by atoms with E-state index in [1.807, 2.05) is 25.1 Å². The number of unbranched alkanes of at least 4 members (excludes halogenated alkanes) is 1. The van der Waals surface area contributed by atoms with Gasteiger partial charge in [0.15, 0.2) is 0 Å². The van der Waals surface area contributed by atoms with Gasteiger partial charge in [-0.1, -0.05) is 34.1 Å². The van der Waals surface area contributed by atoms with E-state index in [-0.39, 0.29) is 11.2 Å². The van der Waals surface area contributed by atoms with Crippen LogP contribution in [0.1, 0.15) is 59.2 Å². The van der Waals surface area contributed by atoms with Crippen LogP contribution in [0.25, 0.3) is 11.0 Å². The summed E-state index contributed by atoms with van der Waals surface area (Å²) in [5.74, 6) is 1.80. The molecule has 1 aliphatic heterocycles. The summed E-state index contributed by atoms with van der Waals surface area (Å²) in [4.78, 5) is 4.95. The predicted octanol–water partition coefficient (Wildman–Crippen LogP) is 4.33. The van der Waals surface area contributed by atoms with Crippen molar-refractivity contribution in [3.05, 3.63) is 24.0 Å². The Morgan fingerprint density at radius 3 is 2.55 bits per heavy atom. The molecule has 1 saturated heterocycles. The van der Waals surface area contributed by atoms with Crippen LogP contribution in [0.4, 0.5) is 5.69 Å². The maximum absolute atomic E-state index is 12.6. The molecule has 0 spiro atoms. The Labute approximate surface area is 175 Å². The number of anilines is 1. The van der Waals surface area contributed by atoms with Gasteiger partial charge < -0.3 is 9.30 Å². The van der Waals surface area contributed by atoms with E-state index in [9.17, 15) is 8.42 Å². The highest BCUT2D eigenvalue weighted by Gasteiger charge is 2.26. The Hall–Kier alpha value is -1.60. The van der Waals surface area contributed by atoms with Crippen LogP contribution < -0.4 is 4.31 Å². The van der Waals surface area contributed by atoms with Crippen LogP contribution in [0.15, 0.2) is 18.2 Å². The van der Waals surface area contributed by atoms with Crippen LogP contribution in [-0.4, -0.2) is 44.0 Å². The lowest BCUT2D eigenvalue weighted by Gasteiger charge is -2.26. The Morgan fingerprint density at radius 2 is 1.93 bits per heavy atom. The first kappa shape index (κ1) is 22.1. The van der Waals surface area contributed by atoms with Gasteiger partial charge in [-0.15, -0.1) is 0 Å². The second-order valence-electron chi connectivity index (χ2n) is 9.16. The van der Waals surface area contributed by atoms with Gasteiger partial charge in [0.2, 0.25) is 10.0 Å². The quantitative estimate of drug-likeness (QED) is 0.668. The van der Waals surface area contributed by atoms with Gasteiger partial charge in [-0.25, -0.2) is 13.4 Å². The van der Waals surface area contributed by atoms with Gasteiger partial charge in [-0.05, 0) is 43.4 Å². The highest BCUT2D eigenvalue weighted by molar-refractivity contribution is 7.92. The van der Waals surface area contributed by atoms with Crippen molar-refractivity contribution in [1.82, 2.24) is 9.55 Å². The third kappa shape index (κ3) is 4.94. The van der Waals surface area contributed by atoms with E-state index >= 15 is 0 Å². The van der Waals surface area contributed by atoms with Gasteiger partial charge >= 0.3 is 0 Å². The zero-order valence-corrected chi connectivity index (χ0v) is 19.3. The fourth-order valence-electron chi connectivity index (χ4n) is 3.88. The van der Waals surface area contributed by atoms with Crippen LogP contribution in [0.5, 0.6) is 0 Å². The van der Waals surface area contributed by atoms with Crippen molar-refractivity contribution in [3.63, 3.8) is 0 Å². The van der Waals surface area contributed by atoms with E-state index in [0.29, 0.717) is 18.0 Å². The topological polar surface area (TPSA) is 64.4 Å². The summed E-state index contributed by atoms with van der Waals surface area (Å²) >= 11 is 0. The minimum atomic E-state index is -3.31. The minimum Gasteiger partial charge on any atom is -0.381 e. The summed E-state index contributed by atoms with van der Waals surface area (Å²) in [5, 5.41) is 0. The third-order valence-electron chi connectivity index (χ3n) is 5.72. The van der Waals surface area contributed by atoms with Crippen LogP contribution in [0.2, 0.25) is 0 Å². The van der Waals surface area contributed by atoms with Crippen LogP contribution >= 0.6 is 0 Å². The summed E-state index contributed by atoms with van der Waals surface area (Å²) in [6.07, 6.45) is 3.67. The van der Waals surface area contributed by atoms with E-state index in [2.05, 4.69) is 25.3 Å². The number of fused-ring (bicyclic) bond motifs is 1. The molecule has 0 unspecified atom stereocenters. The molecule has 2 heterocycles. The van der Waals surface area contributed by atoms with E-state index in [1.54, 1.807) is 7.05 Å². The molecule has 0 atom stereocenters. The van der Waals surface area contributed by atoms with Crippen molar-refractivity contribution in [2.45, 2.75) is 65.3 Å². The lowest BCUT2D eigenvalue weighted by molar-refractivity contribution is 0.0611. The average molecular weight is 422 g/mol.